The Labute approximate surface area is 146 Å². The molecule has 0 spiro atoms. The van der Waals surface area contributed by atoms with Gasteiger partial charge in [0.1, 0.15) is 0 Å². The Morgan fingerprint density at radius 2 is 2.00 bits per heavy atom. The first-order valence-electron chi connectivity index (χ1n) is 9.82. The predicted molar refractivity (Wildman–Crippen MR) is 101 cm³/mol. The van der Waals surface area contributed by atoms with Crippen LogP contribution in [0.15, 0.2) is 30.5 Å². The first kappa shape index (κ1) is 16.2. The van der Waals surface area contributed by atoms with Crippen LogP contribution in [-0.2, 0) is 6.42 Å². The first-order valence-corrected chi connectivity index (χ1v) is 9.82. The van der Waals surface area contributed by atoms with Gasteiger partial charge in [-0.05, 0) is 29.6 Å². The molecule has 0 bridgehead atoms. The molecule has 2 saturated heterocycles. The fourth-order valence-electron chi connectivity index (χ4n) is 5.26. The van der Waals surface area contributed by atoms with Crippen LogP contribution in [0.1, 0.15) is 38.2 Å². The van der Waals surface area contributed by atoms with Gasteiger partial charge in [0.25, 0.3) is 0 Å². The normalized spacial score (nSPS) is 29.5. The topological polar surface area (TPSA) is 19.0 Å². The molecule has 1 aromatic heterocycles. The lowest BCUT2D eigenvalue weighted by atomic mass is 9.96. The summed E-state index contributed by atoms with van der Waals surface area (Å²) in [7, 11) is 2.55. The van der Waals surface area contributed by atoms with Crippen LogP contribution in [0.4, 0.5) is 0 Å². The number of benzene rings is 1. The van der Waals surface area contributed by atoms with Crippen LogP contribution >= 0.6 is 0 Å². The van der Waals surface area contributed by atoms with Crippen LogP contribution in [-0.4, -0.2) is 59.7 Å². The number of likely N-dealkylation sites (N-methyl/N-ethyl adjacent to an activating group) is 1. The molecule has 1 unspecified atom stereocenters. The average Bonchev–Trinajstić information content (AvgIpc) is 3.22. The van der Waals surface area contributed by atoms with E-state index >= 15 is 0 Å². The third kappa shape index (κ3) is 2.89. The van der Waals surface area contributed by atoms with E-state index in [9.17, 15) is 0 Å². The van der Waals surface area contributed by atoms with Gasteiger partial charge in [0, 0.05) is 56.9 Å². The molecule has 3 heteroatoms. The Morgan fingerprint density at radius 1 is 1.17 bits per heavy atom. The van der Waals surface area contributed by atoms with E-state index in [4.69, 9.17) is 0 Å². The molecular weight excluding hydrogens is 294 g/mol. The van der Waals surface area contributed by atoms with Gasteiger partial charge in [-0.3, -0.25) is 0 Å². The molecule has 3 heterocycles. The van der Waals surface area contributed by atoms with Crippen LogP contribution in [0.5, 0.6) is 0 Å². The minimum absolute atomic E-state index is 0.801. The molecule has 0 saturated carbocycles. The zero-order valence-electron chi connectivity index (χ0n) is 15.3. The molecule has 130 valence electrons. The molecule has 2 fully saturated rings. The van der Waals surface area contributed by atoms with Gasteiger partial charge in [-0.25, -0.2) is 0 Å². The maximum absolute atomic E-state index is 3.37. The largest absolute Gasteiger partial charge is 0.361 e. The van der Waals surface area contributed by atoms with Crippen LogP contribution in [0.2, 0.25) is 0 Å². The Morgan fingerprint density at radius 3 is 2.79 bits per heavy atom. The van der Waals surface area contributed by atoms with Crippen molar-refractivity contribution in [1.29, 1.82) is 0 Å². The van der Waals surface area contributed by atoms with Gasteiger partial charge < -0.3 is 14.4 Å². The third-order valence-corrected chi connectivity index (χ3v) is 6.94. The molecule has 24 heavy (non-hydrogen) atoms. The fourth-order valence-corrected chi connectivity index (χ4v) is 5.26. The molecule has 0 aliphatic carbocycles. The van der Waals surface area contributed by atoms with E-state index in [0.29, 0.717) is 0 Å². The summed E-state index contributed by atoms with van der Waals surface area (Å²) in [5, 5.41) is 1.33. The van der Waals surface area contributed by atoms with Crippen molar-refractivity contribution < 1.29 is 4.48 Å². The number of hydrogen-bond donors (Lipinski definition) is 1. The highest BCUT2D eigenvalue weighted by Gasteiger charge is 2.44. The van der Waals surface area contributed by atoms with Crippen molar-refractivity contribution in [3.05, 3.63) is 36.0 Å². The lowest BCUT2D eigenvalue weighted by Crippen LogP contribution is -2.59. The molecule has 2 atom stereocenters. The van der Waals surface area contributed by atoms with E-state index in [1.165, 1.54) is 79.2 Å². The summed E-state index contributed by atoms with van der Waals surface area (Å²) in [6.45, 7) is 7.50. The predicted octanol–water partition coefficient (Wildman–Crippen LogP) is 3.80. The molecule has 2 aliphatic heterocycles. The standard InChI is InChI=1S/C21H32N3/c1-3-23-12-9-19(10-13-23)24(2)14-4-5-20(24)15-17-6-7-18-8-11-22-21(18)16-17/h6-8,11,16,19-20,22H,3-5,9-10,12-15H2,1-2H3/q+1/t20?,24-/m0/s1. The molecule has 4 rings (SSSR count). The van der Waals surface area contributed by atoms with Gasteiger partial charge in [-0.1, -0.05) is 19.1 Å². The average molecular weight is 327 g/mol. The maximum atomic E-state index is 3.37. The number of rotatable bonds is 4. The second-order valence-corrected chi connectivity index (χ2v) is 8.14. The van der Waals surface area contributed by atoms with Crippen molar-refractivity contribution in [2.75, 3.05) is 33.2 Å². The van der Waals surface area contributed by atoms with Gasteiger partial charge in [-0.15, -0.1) is 0 Å². The van der Waals surface area contributed by atoms with Crippen molar-refractivity contribution in [2.45, 2.75) is 51.1 Å². The zero-order valence-corrected chi connectivity index (χ0v) is 15.3. The number of fused-ring (bicyclic) bond motifs is 1. The number of piperidine rings is 1. The van der Waals surface area contributed by atoms with Gasteiger partial charge in [0.15, 0.2) is 0 Å². The fraction of sp³-hybridized carbons (Fsp3) is 0.619. The quantitative estimate of drug-likeness (QED) is 0.847. The number of hydrogen-bond acceptors (Lipinski definition) is 1. The van der Waals surface area contributed by atoms with Gasteiger partial charge >= 0.3 is 0 Å². The molecule has 1 N–H and O–H groups in total. The van der Waals surface area contributed by atoms with E-state index in [0.717, 1.165) is 12.1 Å². The number of nitrogens with one attached hydrogen (secondary N) is 1. The van der Waals surface area contributed by atoms with Crippen LogP contribution < -0.4 is 0 Å². The second-order valence-electron chi connectivity index (χ2n) is 8.14. The lowest BCUT2D eigenvalue weighted by Gasteiger charge is -2.46. The molecular formula is C21H32N3+. The summed E-state index contributed by atoms with van der Waals surface area (Å²) >= 11 is 0. The van der Waals surface area contributed by atoms with Crippen LogP contribution in [0.3, 0.4) is 0 Å². The van der Waals surface area contributed by atoms with Gasteiger partial charge in [0.05, 0.1) is 25.7 Å². The number of aromatic amines is 1. The van der Waals surface area contributed by atoms with Crippen molar-refractivity contribution in [3.8, 4) is 0 Å². The molecule has 0 amide bonds. The summed E-state index contributed by atoms with van der Waals surface area (Å²) in [6.07, 6.45) is 8.85. The van der Waals surface area contributed by atoms with Gasteiger partial charge in [0.2, 0.25) is 0 Å². The Hall–Kier alpha value is -1.32. The highest BCUT2D eigenvalue weighted by molar-refractivity contribution is 5.79. The Balaban J connectivity index is 1.49. The van der Waals surface area contributed by atoms with E-state index in [1.807, 2.05) is 6.20 Å². The Kier molecular flexibility index (Phi) is 4.40. The summed E-state index contributed by atoms with van der Waals surface area (Å²) in [5.74, 6) is 0. The minimum atomic E-state index is 0.801. The number of nitrogens with zero attached hydrogens (tertiary/aromatic N) is 2. The van der Waals surface area contributed by atoms with E-state index < -0.39 is 0 Å². The van der Waals surface area contributed by atoms with Crippen molar-refractivity contribution in [3.63, 3.8) is 0 Å². The molecule has 1 aromatic carbocycles. The molecule has 2 aromatic rings. The maximum Gasteiger partial charge on any atom is 0.0933 e. The summed E-state index contributed by atoms with van der Waals surface area (Å²) < 4.78 is 1.32. The number of aromatic nitrogens is 1. The Bertz CT molecular complexity index is 683. The third-order valence-electron chi connectivity index (χ3n) is 6.94. The number of H-pyrrole nitrogens is 1. The van der Waals surface area contributed by atoms with Crippen LogP contribution in [0, 0.1) is 0 Å². The molecule has 0 radical (unpaired) electrons. The van der Waals surface area contributed by atoms with E-state index in [2.05, 4.69) is 48.1 Å². The van der Waals surface area contributed by atoms with Crippen molar-refractivity contribution >= 4 is 10.9 Å². The number of quaternary nitrogens is 1. The van der Waals surface area contributed by atoms with Crippen molar-refractivity contribution in [1.82, 2.24) is 9.88 Å². The second kappa shape index (κ2) is 6.53. The zero-order chi connectivity index (χ0) is 16.6. The highest BCUT2D eigenvalue weighted by Crippen LogP contribution is 2.35. The highest BCUT2D eigenvalue weighted by atomic mass is 15.4. The van der Waals surface area contributed by atoms with Gasteiger partial charge in [-0.2, -0.15) is 0 Å². The summed E-state index contributed by atoms with van der Waals surface area (Å²) in [4.78, 5) is 5.99. The molecule has 3 nitrogen and oxygen atoms in total. The SMILES string of the molecule is CCN1CCC([N@+]2(C)CCCC2Cc2ccc3cc[nH]c3c2)CC1. The smallest absolute Gasteiger partial charge is 0.0933 e. The van der Waals surface area contributed by atoms with Crippen LogP contribution in [0.25, 0.3) is 10.9 Å². The monoisotopic (exact) mass is 326 g/mol. The van der Waals surface area contributed by atoms with E-state index in [1.54, 1.807) is 0 Å². The molecule has 2 aliphatic rings. The van der Waals surface area contributed by atoms with Crippen molar-refractivity contribution in [2.24, 2.45) is 0 Å². The minimum Gasteiger partial charge on any atom is -0.361 e. The number of likely N-dealkylation sites (tertiary alicyclic amines) is 2. The lowest BCUT2D eigenvalue weighted by molar-refractivity contribution is -0.945. The first-order chi connectivity index (χ1) is 11.7. The van der Waals surface area contributed by atoms with E-state index in [-0.39, 0.29) is 0 Å². The summed E-state index contributed by atoms with van der Waals surface area (Å²) in [6, 6.07) is 10.8. The summed E-state index contributed by atoms with van der Waals surface area (Å²) in [5.41, 5.74) is 2.79.